The Bertz CT molecular complexity index is 715. The molecule has 1 aliphatic heterocycles. The molecule has 1 N–H and O–H groups in total. The Morgan fingerprint density at radius 3 is 3.00 bits per heavy atom. The van der Waals surface area contributed by atoms with Gasteiger partial charge in [0.1, 0.15) is 11.6 Å². The second-order valence-corrected chi connectivity index (χ2v) is 6.76. The van der Waals surface area contributed by atoms with E-state index in [0.717, 1.165) is 44.7 Å². The molecule has 0 spiro atoms. The quantitative estimate of drug-likeness (QED) is 0.875. The molecule has 0 bridgehead atoms. The molecule has 134 valence electrons. The van der Waals surface area contributed by atoms with Crippen LogP contribution in [0.15, 0.2) is 36.7 Å². The summed E-state index contributed by atoms with van der Waals surface area (Å²) in [6.45, 7) is 2.91. The summed E-state index contributed by atoms with van der Waals surface area (Å²) in [6, 6.07) is 6.27. The summed E-state index contributed by atoms with van der Waals surface area (Å²) >= 11 is 0. The Hall–Kier alpha value is -2.21. The Morgan fingerprint density at radius 1 is 1.40 bits per heavy atom. The molecule has 1 aliphatic rings. The minimum Gasteiger partial charge on any atom is -0.337 e. The summed E-state index contributed by atoms with van der Waals surface area (Å²) in [6.07, 6.45) is 7.33. The van der Waals surface area contributed by atoms with Crippen LogP contribution in [0.2, 0.25) is 0 Å². The minimum atomic E-state index is -0.394. The van der Waals surface area contributed by atoms with Crippen molar-refractivity contribution in [2.75, 3.05) is 18.4 Å². The highest BCUT2D eigenvalue weighted by Gasteiger charge is 2.21. The zero-order valence-electron chi connectivity index (χ0n) is 14.6. The number of halogens is 1. The molecular weight excluding hydrogens is 319 g/mol. The number of hydrogen-bond donors (Lipinski definition) is 1. The maximum absolute atomic E-state index is 13.6. The number of anilines is 1. The molecule has 2 aromatic rings. The van der Waals surface area contributed by atoms with Crippen LogP contribution in [0.1, 0.15) is 31.5 Å². The summed E-state index contributed by atoms with van der Waals surface area (Å²) in [5, 5.41) is 2.66. The van der Waals surface area contributed by atoms with Crippen LogP contribution >= 0.6 is 0 Å². The van der Waals surface area contributed by atoms with E-state index in [1.807, 2.05) is 24.0 Å². The number of carbonyl (C=O) groups excluding carboxylic acids is 1. The number of aromatic nitrogens is 2. The average molecular weight is 344 g/mol. The molecule has 1 atom stereocenters. The summed E-state index contributed by atoms with van der Waals surface area (Å²) in [7, 11) is 2.01. The van der Waals surface area contributed by atoms with Gasteiger partial charge >= 0.3 is 0 Å². The maximum atomic E-state index is 13.6. The van der Waals surface area contributed by atoms with E-state index in [4.69, 9.17) is 0 Å². The van der Waals surface area contributed by atoms with Crippen molar-refractivity contribution in [3.63, 3.8) is 0 Å². The lowest BCUT2D eigenvalue weighted by Gasteiger charge is -2.32. The molecule has 0 unspecified atom stereocenters. The Labute approximate surface area is 147 Å². The number of carbonyl (C=O) groups is 1. The van der Waals surface area contributed by atoms with Crippen molar-refractivity contribution < 1.29 is 9.18 Å². The van der Waals surface area contributed by atoms with Crippen molar-refractivity contribution in [3.05, 3.63) is 48.3 Å². The van der Waals surface area contributed by atoms with E-state index in [1.54, 1.807) is 18.2 Å². The summed E-state index contributed by atoms with van der Waals surface area (Å²) in [5.41, 5.74) is 0.257. The van der Waals surface area contributed by atoms with Crippen LogP contribution in [0, 0.1) is 11.7 Å². The third-order valence-corrected chi connectivity index (χ3v) is 4.82. The van der Waals surface area contributed by atoms with Crippen molar-refractivity contribution in [2.45, 2.75) is 32.2 Å². The van der Waals surface area contributed by atoms with Crippen molar-refractivity contribution in [2.24, 2.45) is 13.0 Å². The van der Waals surface area contributed by atoms with Crippen LogP contribution in [-0.4, -0.2) is 33.4 Å². The fourth-order valence-electron chi connectivity index (χ4n) is 3.39. The SMILES string of the molecule is Cn1ccnc1CN1CCC[C@H](CCC(=O)Nc2ccccc2F)C1. The number of imidazole rings is 1. The molecule has 1 fully saturated rings. The van der Waals surface area contributed by atoms with E-state index in [2.05, 4.69) is 15.2 Å². The van der Waals surface area contributed by atoms with Gasteiger partial charge in [-0.15, -0.1) is 0 Å². The number of benzene rings is 1. The van der Waals surface area contributed by atoms with Gasteiger partial charge in [-0.2, -0.15) is 0 Å². The fourth-order valence-corrected chi connectivity index (χ4v) is 3.39. The van der Waals surface area contributed by atoms with Gasteiger partial charge in [-0.1, -0.05) is 12.1 Å². The average Bonchev–Trinajstić information content (AvgIpc) is 3.00. The first-order valence-corrected chi connectivity index (χ1v) is 8.85. The zero-order chi connectivity index (χ0) is 17.6. The van der Waals surface area contributed by atoms with Crippen LogP contribution in [0.5, 0.6) is 0 Å². The van der Waals surface area contributed by atoms with Gasteiger partial charge in [-0.3, -0.25) is 9.69 Å². The van der Waals surface area contributed by atoms with Crippen molar-refractivity contribution in [1.29, 1.82) is 0 Å². The molecule has 5 nitrogen and oxygen atoms in total. The molecule has 1 aromatic heterocycles. The maximum Gasteiger partial charge on any atom is 0.224 e. The summed E-state index contributed by atoms with van der Waals surface area (Å²) in [5.74, 6) is 1.06. The first kappa shape index (κ1) is 17.6. The Kier molecular flexibility index (Phi) is 5.81. The lowest BCUT2D eigenvalue weighted by molar-refractivity contribution is -0.116. The number of rotatable bonds is 6. The lowest BCUT2D eigenvalue weighted by Crippen LogP contribution is -2.36. The van der Waals surface area contributed by atoms with Gasteiger partial charge in [0.2, 0.25) is 5.91 Å². The van der Waals surface area contributed by atoms with Crippen molar-refractivity contribution in [3.8, 4) is 0 Å². The second-order valence-electron chi connectivity index (χ2n) is 6.76. The van der Waals surface area contributed by atoms with Gasteiger partial charge < -0.3 is 9.88 Å². The molecular formula is C19H25FN4O. The largest absolute Gasteiger partial charge is 0.337 e. The third-order valence-electron chi connectivity index (χ3n) is 4.82. The highest BCUT2D eigenvalue weighted by molar-refractivity contribution is 5.90. The van der Waals surface area contributed by atoms with Crippen LogP contribution < -0.4 is 5.32 Å². The van der Waals surface area contributed by atoms with Gasteiger partial charge in [-0.25, -0.2) is 9.37 Å². The van der Waals surface area contributed by atoms with Crippen LogP contribution in [0.3, 0.4) is 0 Å². The molecule has 3 rings (SSSR count). The van der Waals surface area contributed by atoms with Crippen LogP contribution in [0.25, 0.3) is 0 Å². The molecule has 2 heterocycles. The number of amides is 1. The summed E-state index contributed by atoms with van der Waals surface area (Å²) in [4.78, 5) is 18.9. The van der Waals surface area contributed by atoms with Gasteiger partial charge in [0, 0.05) is 32.4 Å². The van der Waals surface area contributed by atoms with Gasteiger partial charge in [0.25, 0.3) is 0 Å². The number of hydrogen-bond acceptors (Lipinski definition) is 3. The molecule has 0 aliphatic carbocycles. The molecule has 0 saturated carbocycles. The van der Waals surface area contributed by atoms with Gasteiger partial charge in [-0.05, 0) is 43.9 Å². The predicted molar refractivity (Wildman–Crippen MR) is 95.5 cm³/mol. The number of likely N-dealkylation sites (tertiary alicyclic amines) is 1. The number of piperidine rings is 1. The molecule has 1 aromatic carbocycles. The normalized spacial score (nSPS) is 18.2. The number of nitrogens with one attached hydrogen (secondary N) is 1. The second kappa shape index (κ2) is 8.25. The van der Waals surface area contributed by atoms with Gasteiger partial charge in [0.05, 0.1) is 12.2 Å². The van der Waals surface area contributed by atoms with E-state index >= 15 is 0 Å². The summed E-state index contributed by atoms with van der Waals surface area (Å²) < 4.78 is 15.6. The van der Waals surface area contributed by atoms with E-state index in [-0.39, 0.29) is 11.6 Å². The third kappa shape index (κ3) is 4.89. The van der Waals surface area contributed by atoms with E-state index < -0.39 is 5.82 Å². The molecule has 1 amide bonds. The number of para-hydroxylation sites is 1. The van der Waals surface area contributed by atoms with Crippen LogP contribution in [-0.2, 0) is 18.4 Å². The molecule has 0 radical (unpaired) electrons. The van der Waals surface area contributed by atoms with Crippen LogP contribution in [0.4, 0.5) is 10.1 Å². The Morgan fingerprint density at radius 2 is 2.24 bits per heavy atom. The van der Waals surface area contributed by atoms with E-state index in [0.29, 0.717) is 12.3 Å². The topological polar surface area (TPSA) is 50.2 Å². The van der Waals surface area contributed by atoms with Crippen molar-refractivity contribution >= 4 is 11.6 Å². The lowest BCUT2D eigenvalue weighted by atomic mass is 9.93. The molecule has 25 heavy (non-hydrogen) atoms. The highest BCUT2D eigenvalue weighted by Crippen LogP contribution is 2.22. The molecule has 6 heteroatoms. The fraction of sp³-hybridized carbons (Fsp3) is 0.474. The van der Waals surface area contributed by atoms with Crippen molar-refractivity contribution in [1.82, 2.24) is 14.5 Å². The first-order chi connectivity index (χ1) is 12.1. The smallest absolute Gasteiger partial charge is 0.224 e. The first-order valence-electron chi connectivity index (χ1n) is 8.85. The number of aryl methyl sites for hydroxylation is 1. The zero-order valence-corrected chi connectivity index (χ0v) is 14.6. The standard InChI is InChI=1S/C19H25FN4O/c1-23-12-10-21-18(23)14-24-11-4-5-15(13-24)8-9-19(25)22-17-7-3-2-6-16(17)20/h2-3,6-7,10,12,15H,4-5,8-9,11,13-14H2,1H3,(H,22,25)/t15-/m1/s1. The predicted octanol–water partition coefficient (Wildman–Crippen LogP) is 3.19. The monoisotopic (exact) mass is 344 g/mol. The number of nitrogens with zero attached hydrogens (tertiary/aromatic N) is 3. The van der Waals surface area contributed by atoms with Gasteiger partial charge in [0.15, 0.2) is 0 Å². The van der Waals surface area contributed by atoms with E-state index in [1.165, 1.54) is 6.07 Å². The Balaban J connectivity index is 1.45. The molecule has 1 saturated heterocycles. The minimum absolute atomic E-state index is 0.119. The van der Waals surface area contributed by atoms with E-state index in [9.17, 15) is 9.18 Å². The highest BCUT2D eigenvalue weighted by atomic mass is 19.1.